The minimum absolute atomic E-state index is 0.0723. The van der Waals surface area contributed by atoms with Crippen LogP contribution in [0.3, 0.4) is 0 Å². The van der Waals surface area contributed by atoms with Crippen LogP contribution >= 0.6 is 22.6 Å². The lowest BCUT2D eigenvalue weighted by Crippen LogP contribution is -2.38. The highest BCUT2D eigenvalue weighted by atomic mass is 127. The van der Waals surface area contributed by atoms with Gasteiger partial charge in [0.1, 0.15) is 3.61 Å². The molecule has 0 N–H and O–H groups in total. The van der Waals surface area contributed by atoms with Crippen LogP contribution in [0.5, 0.6) is 0 Å². The van der Waals surface area contributed by atoms with E-state index in [2.05, 4.69) is 22.6 Å². The minimum atomic E-state index is -0.190. The van der Waals surface area contributed by atoms with Crippen LogP contribution in [0.2, 0.25) is 6.82 Å². The first-order chi connectivity index (χ1) is 4.35. The van der Waals surface area contributed by atoms with Gasteiger partial charge in [-0.1, -0.05) is 0 Å². The highest BCUT2D eigenvalue weighted by molar-refractivity contribution is 14.1. The highest BCUT2D eigenvalue weighted by Gasteiger charge is 2.50. The predicted molar refractivity (Wildman–Crippen MR) is 50.3 cm³/mol. The first-order valence-corrected chi connectivity index (χ1v) is 4.47. The average Bonchev–Trinajstić information content (AvgIpc) is 1.73. The standard InChI is InChI=1S/C6H12BIO2/c1-5(2)6(3,8)10-7(4)9-5/h1-4H3/t6-/m1/s1. The molecule has 0 aromatic heterocycles. The van der Waals surface area contributed by atoms with Gasteiger partial charge in [-0.2, -0.15) is 0 Å². The summed E-state index contributed by atoms with van der Waals surface area (Å²) in [5, 5.41) is 0. The molecule has 1 heterocycles. The Bertz CT molecular complexity index is 131. The van der Waals surface area contributed by atoms with E-state index in [1.165, 1.54) is 0 Å². The molecular formula is C6H12BIO2. The van der Waals surface area contributed by atoms with E-state index in [1.807, 2.05) is 27.6 Å². The maximum absolute atomic E-state index is 5.53. The molecule has 4 heteroatoms. The van der Waals surface area contributed by atoms with Crippen molar-refractivity contribution in [1.29, 1.82) is 0 Å². The molecule has 1 aliphatic rings. The molecule has 10 heavy (non-hydrogen) atoms. The zero-order chi connectivity index (χ0) is 7.99. The van der Waals surface area contributed by atoms with Crippen molar-refractivity contribution in [3.05, 3.63) is 0 Å². The summed E-state index contributed by atoms with van der Waals surface area (Å²) in [6.45, 7) is 8.05. The predicted octanol–water partition coefficient (Wildman–Crippen LogP) is 2.08. The Hall–Kier alpha value is 0.715. The molecule has 0 amide bonds. The van der Waals surface area contributed by atoms with Gasteiger partial charge in [-0.05, 0) is 50.2 Å². The van der Waals surface area contributed by atoms with Crippen molar-refractivity contribution in [3.8, 4) is 0 Å². The molecule has 0 aromatic carbocycles. The van der Waals surface area contributed by atoms with Crippen LogP contribution in [0, 0.1) is 0 Å². The molecule has 1 aliphatic heterocycles. The minimum Gasteiger partial charge on any atom is -0.402 e. The van der Waals surface area contributed by atoms with Gasteiger partial charge in [0.15, 0.2) is 0 Å². The summed E-state index contributed by atoms with van der Waals surface area (Å²) in [7, 11) is -0.0723. The molecule has 2 nitrogen and oxygen atoms in total. The van der Waals surface area contributed by atoms with Gasteiger partial charge in [0.05, 0.1) is 5.60 Å². The molecule has 0 aromatic rings. The summed E-state index contributed by atoms with van der Waals surface area (Å²) in [6.07, 6.45) is 0. The fourth-order valence-corrected chi connectivity index (χ4v) is 1.48. The summed E-state index contributed by atoms with van der Waals surface area (Å²) in [6, 6.07) is 0. The molecule has 0 aliphatic carbocycles. The van der Waals surface area contributed by atoms with Crippen molar-refractivity contribution in [2.24, 2.45) is 0 Å². The van der Waals surface area contributed by atoms with E-state index in [0.717, 1.165) is 0 Å². The second-order valence-electron chi connectivity index (χ2n) is 3.23. The third-order valence-electron chi connectivity index (χ3n) is 1.92. The Balaban J connectivity index is 2.78. The number of halogens is 1. The Morgan fingerprint density at radius 2 is 1.70 bits per heavy atom. The van der Waals surface area contributed by atoms with Gasteiger partial charge in [-0.3, -0.25) is 0 Å². The molecule has 0 bridgehead atoms. The fourth-order valence-electron chi connectivity index (χ4n) is 0.998. The van der Waals surface area contributed by atoms with Gasteiger partial charge in [0.25, 0.3) is 0 Å². The smallest absolute Gasteiger partial charge is 0.402 e. The second kappa shape index (κ2) is 2.35. The van der Waals surface area contributed by atoms with Crippen molar-refractivity contribution in [2.75, 3.05) is 0 Å². The van der Waals surface area contributed by atoms with Crippen molar-refractivity contribution in [1.82, 2.24) is 0 Å². The quantitative estimate of drug-likeness (QED) is 0.374. The van der Waals surface area contributed by atoms with Crippen molar-refractivity contribution in [3.63, 3.8) is 0 Å². The maximum atomic E-state index is 5.53. The second-order valence-corrected chi connectivity index (χ2v) is 5.29. The van der Waals surface area contributed by atoms with E-state index in [9.17, 15) is 0 Å². The summed E-state index contributed by atoms with van der Waals surface area (Å²) < 4.78 is 10.9. The SMILES string of the molecule is CB1OC(C)(C)[C@](C)(I)O1. The summed E-state index contributed by atoms with van der Waals surface area (Å²) in [5.74, 6) is 0. The van der Waals surface area contributed by atoms with Gasteiger partial charge in [-0.15, -0.1) is 0 Å². The zero-order valence-electron chi connectivity index (χ0n) is 6.77. The van der Waals surface area contributed by atoms with Gasteiger partial charge >= 0.3 is 7.12 Å². The largest absolute Gasteiger partial charge is 0.455 e. The Labute approximate surface area is 75.9 Å². The van der Waals surface area contributed by atoms with Crippen molar-refractivity contribution < 1.29 is 9.31 Å². The van der Waals surface area contributed by atoms with Crippen LogP contribution in [-0.2, 0) is 9.31 Å². The first-order valence-electron chi connectivity index (χ1n) is 3.40. The fraction of sp³-hybridized carbons (Fsp3) is 1.00. The first kappa shape index (κ1) is 8.81. The lowest BCUT2D eigenvalue weighted by atomic mass is 9.96. The third kappa shape index (κ3) is 1.33. The van der Waals surface area contributed by atoms with E-state index in [4.69, 9.17) is 9.31 Å². The molecule has 1 fully saturated rings. The van der Waals surface area contributed by atoms with Crippen LogP contribution < -0.4 is 0 Å². The lowest BCUT2D eigenvalue weighted by molar-refractivity contribution is 0.0725. The lowest BCUT2D eigenvalue weighted by Gasteiger charge is -2.30. The average molecular weight is 254 g/mol. The molecule has 58 valence electrons. The molecule has 1 rings (SSSR count). The van der Waals surface area contributed by atoms with Crippen molar-refractivity contribution >= 4 is 29.7 Å². The van der Waals surface area contributed by atoms with Gasteiger partial charge in [0, 0.05) is 0 Å². The molecule has 0 spiro atoms. The molecule has 0 radical (unpaired) electrons. The molecular weight excluding hydrogens is 242 g/mol. The van der Waals surface area contributed by atoms with Crippen LogP contribution in [-0.4, -0.2) is 16.3 Å². The highest BCUT2D eigenvalue weighted by Crippen LogP contribution is 2.41. The molecule has 0 saturated carbocycles. The van der Waals surface area contributed by atoms with E-state index in [1.54, 1.807) is 0 Å². The van der Waals surface area contributed by atoms with Crippen LogP contribution in [0.15, 0.2) is 0 Å². The number of hydrogen-bond acceptors (Lipinski definition) is 2. The van der Waals surface area contributed by atoms with E-state index >= 15 is 0 Å². The third-order valence-corrected chi connectivity index (χ3v) is 3.48. The maximum Gasteiger partial charge on any atom is 0.455 e. The number of alkyl halides is 1. The molecule has 1 atom stereocenters. The summed E-state index contributed by atoms with van der Waals surface area (Å²) >= 11 is 2.28. The van der Waals surface area contributed by atoms with Crippen LogP contribution in [0.4, 0.5) is 0 Å². The Kier molecular flexibility index (Phi) is 2.07. The van der Waals surface area contributed by atoms with Crippen molar-refractivity contribution in [2.45, 2.75) is 36.8 Å². The summed E-state index contributed by atoms with van der Waals surface area (Å²) in [5.41, 5.74) is -0.174. The molecule has 0 unspecified atom stereocenters. The van der Waals surface area contributed by atoms with E-state index < -0.39 is 0 Å². The zero-order valence-corrected chi connectivity index (χ0v) is 8.93. The topological polar surface area (TPSA) is 18.5 Å². The van der Waals surface area contributed by atoms with Gasteiger partial charge in [0.2, 0.25) is 0 Å². The number of rotatable bonds is 0. The molecule has 1 saturated heterocycles. The normalized spacial score (nSPS) is 38.7. The Morgan fingerprint density at radius 1 is 1.20 bits per heavy atom. The monoisotopic (exact) mass is 254 g/mol. The number of hydrogen-bond donors (Lipinski definition) is 0. The van der Waals surface area contributed by atoms with Gasteiger partial charge in [-0.25, -0.2) is 0 Å². The van der Waals surface area contributed by atoms with Crippen LogP contribution in [0.25, 0.3) is 0 Å². The summed E-state index contributed by atoms with van der Waals surface area (Å²) in [4.78, 5) is 0. The van der Waals surface area contributed by atoms with Crippen LogP contribution in [0.1, 0.15) is 20.8 Å². The van der Waals surface area contributed by atoms with E-state index in [-0.39, 0.29) is 16.3 Å². The Morgan fingerprint density at radius 3 is 1.80 bits per heavy atom. The van der Waals surface area contributed by atoms with E-state index in [0.29, 0.717) is 0 Å². The van der Waals surface area contributed by atoms with Gasteiger partial charge < -0.3 is 9.31 Å².